The highest BCUT2D eigenvalue weighted by molar-refractivity contribution is 7.80. The summed E-state index contributed by atoms with van der Waals surface area (Å²) in [7, 11) is 0. The molecule has 0 bridgehead atoms. The van der Waals surface area contributed by atoms with E-state index in [0.29, 0.717) is 0 Å². The van der Waals surface area contributed by atoms with Crippen molar-refractivity contribution in [2.45, 2.75) is 37.7 Å². The van der Waals surface area contributed by atoms with E-state index in [1.807, 2.05) is 19.1 Å². The summed E-state index contributed by atoms with van der Waals surface area (Å²) >= 11 is 4.26. The summed E-state index contributed by atoms with van der Waals surface area (Å²) in [5.74, 6) is 0. The Balaban J connectivity index is 2.71. The van der Waals surface area contributed by atoms with Gasteiger partial charge >= 0.3 is 0 Å². The van der Waals surface area contributed by atoms with Gasteiger partial charge in [-0.1, -0.05) is 25.5 Å². The highest BCUT2D eigenvalue weighted by Gasteiger charge is 2.09. The van der Waals surface area contributed by atoms with E-state index in [1.54, 1.807) is 0 Å². The molecule has 0 aromatic heterocycles. The maximum absolute atomic E-state index is 5.68. The second-order valence-corrected chi connectivity index (χ2v) is 3.84. The fraction of sp³-hybridized carbons (Fsp3) is 0.500. The summed E-state index contributed by atoms with van der Waals surface area (Å²) in [4.78, 5) is 1.00. The topological polar surface area (TPSA) is 9.23 Å². The summed E-state index contributed by atoms with van der Waals surface area (Å²) < 4.78 is 5.68. The largest absolute Gasteiger partial charge is 0.374 e. The normalized spacial score (nSPS) is 12.8. The van der Waals surface area contributed by atoms with Crippen molar-refractivity contribution in [3.8, 4) is 0 Å². The van der Waals surface area contributed by atoms with E-state index < -0.39 is 0 Å². The smallest absolute Gasteiger partial charge is 0.0824 e. The Morgan fingerprint density at radius 2 is 1.86 bits per heavy atom. The van der Waals surface area contributed by atoms with Crippen LogP contribution in [0.25, 0.3) is 0 Å². The van der Waals surface area contributed by atoms with E-state index in [2.05, 4.69) is 31.7 Å². The van der Waals surface area contributed by atoms with Crippen molar-refractivity contribution < 1.29 is 4.74 Å². The first-order chi connectivity index (χ1) is 6.77. The fourth-order valence-corrected chi connectivity index (χ4v) is 1.65. The van der Waals surface area contributed by atoms with Gasteiger partial charge in [0.2, 0.25) is 0 Å². The number of benzene rings is 1. The van der Waals surface area contributed by atoms with Gasteiger partial charge < -0.3 is 4.74 Å². The quantitative estimate of drug-likeness (QED) is 0.726. The minimum atomic E-state index is 0.249. The maximum Gasteiger partial charge on any atom is 0.0824 e. The molecule has 1 rings (SSSR count). The molecule has 0 saturated carbocycles. The maximum atomic E-state index is 5.68. The Labute approximate surface area is 91.9 Å². The molecule has 1 aromatic carbocycles. The van der Waals surface area contributed by atoms with Gasteiger partial charge in [-0.25, -0.2) is 0 Å². The van der Waals surface area contributed by atoms with Crippen molar-refractivity contribution in [2.24, 2.45) is 0 Å². The van der Waals surface area contributed by atoms with Gasteiger partial charge in [-0.15, -0.1) is 12.6 Å². The number of rotatable bonds is 5. The molecular formula is C12H18OS. The summed E-state index contributed by atoms with van der Waals surface area (Å²) in [6, 6.07) is 8.22. The molecule has 1 aromatic rings. The summed E-state index contributed by atoms with van der Waals surface area (Å²) in [6.45, 7) is 4.99. The van der Waals surface area contributed by atoms with E-state index in [1.165, 1.54) is 5.56 Å². The van der Waals surface area contributed by atoms with E-state index in [4.69, 9.17) is 4.74 Å². The molecule has 0 aliphatic rings. The summed E-state index contributed by atoms with van der Waals surface area (Å²) in [5, 5.41) is 0. The van der Waals surface area contributed by atoms with Crippen molar-refractivity contribution in [3.05, 3.63) is 29.8 Å². The standard InChI is InChI=1S/C12H18OS/c1-3-5-12(13-4-2)10-6-8-11(14)9-7-10/h6-9,12,14H,3-5H2,1-2H3/t12-/m0/s1. The zero-order valence-corrected chi connectivity index (χ0v) is 9.76. The van der Waals surface area contributed by atoms with Crippen molar-refractivity contribution >= 4 is 12.6 Å². The van der Waals surface area contributed by atoms with Gasteiger partial charge in [-0.3, -0.25) is 0 Å². The van der Waals surface area contributed by atoms with Crippen molar-refractivity contribution in [1.29, 1.82) is 0 Å². The van der Waals surface area contributed by atoms with Gasteiger partial charge in [-0.2, -0.15) is 0 Å². The second-order valence-electron chi connectivity index (χ2n) is 3.32. The minimum absolute atomic E-state index is 0.249. The zero-order chi connectivity index (χ0) is 10.4. The third-order valence-corrected chi connectivity index (χ3v) is 2.48. The lowest BCUT2D eigenvalue weighted by atomic mass is 10.1. The molecule has 0 spiro atoms. The minimum Gasteiger partial charge on any atom is -0.374 e. The molecule has 0 radical (unpaired) electrons. The molecular weight excluding hydrogens is 192 g/mol. The molecule has 0 N–H and O–H groups in total. The molecule has 0 aliphatic carbocycles. The molecule has 0 amide bonds. The average molecular weight is 210 g/mol. The first-order valence-electron chi connectivity index (χ1n) is 5.18. The Hall–Kier alpha value is -0.470. The predicted octanol–water partition coefficient (Wildman–Crippen LogP) is 3.85. The lowest BCUT2D eigenvalue weighted by Crippen LogP contribution is -2.03. The van der Waals surface area contributed by atoms with Gasteiger partial charge in [0.1, 0.15) is 0 Å². The molecule has 0 aliphatic heterocycles. The predicted molar refractivity (Wildman–Crippen MR) is 63.0 cm³/mol. The molecule has 1 nitrogen and oxygen atoms in total. The zero-order valence-electron chi connectivity index (χ0n) is 8.86. The molecule has 1 atom stereocenters. The Morgan fingerprint density at radius 3 is 2.36 bits per heavy atom. The van der Waals surface area contributed by atoms with Crippen LogP contribution >= 0.6 is 12.6 Å². The fourth-order valence-electron chi connectivity index (χ4n) is 1.50. The summed E-state index contributed by atoms with van der Waals surface area (Å²) in [5.41, 5.74) is 1.26. The third kappa shape index (κ3) is 3.35. The first-order valence-corrected chi connectivity index (χ1v) is 5.63. The van der Waals surface area contributed by atoms with Gasteiger partial charge in [-0.05, 0) is 31.0 Å². The Kier molecular flexibility index (Phi) is 5.05. The number of thiol groups is 1. The van der Waals surface area contributed by atoms with Gasteiger partial charge in [0.15, 0.2) is 0 Å². The monoisotopic (exact) mass is 210 g/mol. The van der Waals surface area contributed by atoms with Gasteiger partial charge in [0, 0.05) is 11.5 Å². The third-order valence-electron chi connectivity index (χ3n) is 2.18. The SMILES string of the molecule is CCC[C@H](OCC)c1ccc(S)cc1. The van der Waals surface area contributed by atoms with E-state index >= 15 is 0 Å². The molecule has 14 heavy (non-hydrogen) atoms. The van der Waals surface area contributed by atoms with Crippen LogP contribution < -0.4 is 0 Å². The van der Waals surface area contributed by atoms with Crippen LogP contribution in [0, 0.1) is 0 Å². The van der Waals surface area contributed by atoms with Crippen LogP contribution in [0.1, 0.15) is 38.4 Å². The van der Waals surface area contributed by atoms with E-state index in [9.17, 15) is 0 Å². The molecule has 0 fully saturated rings. The highest BCUT2D eigenvalue weighted by Crippen LogP contribution is 2.23. The summed E-state index contributed by atoms with van der Waals surface area (Å²) in [6.07, 6.45) is 2.48. The number of ether oxygens (including phenoxy) is 1. The van der Waals surface area contributed by atoms with E-state index in [0.717, 1.165) is 24.3 Å². The highest BCUT2D eigenvalue weighted by atomic mass is 32.1. The van der Waals surface area contributed by atoms with Crippen molar-refractivity contribution in [3.63, 3.8) is 0 Å². The van der Waals surface area contributed by atoms with Crippen LogP contribution in [0.2, 0.25) is 0 Å². The van der Waals surface area contributed by atoms with Gasteiger partial charge in [0.05, 0.1) is 6.10 Å². The van der Waals surface area contributed by atoms with Crippen LogP contribution in [0.5, 0.6) is 0 Å². The first kappa shape index (κ1) is 11.6. The second kappa shape index (κ2) is 6.10. The van der Waals surface area contributed by atoms with Crippen molar-refractivity contribution in [2.75, 3.05) is 6.61 Å². The Bertz CT molecular complexity index is 250. The molecule has 0 unspecified atom stereocenters. The van der Waals surface area contributed by atoms with E-state index in [-0.39, 0.29) is 6.10 Å². The number of hydrogen-bond acceptors (Lipinski definition) is 2. The molecule has 0 saturated heterocycles. The molecule has 78 valence electrons. The molecule has 0 heterocycles. The van der Waals surface area contributed by atoms with Crippen molar-refractivity contribution in [1.82, 2.24) is 0 Å². The lowest BCUT2D eigenvalue weighted by molar-refractivity contribution is 0.0556. The number of hydrogen-bond donors (Lipinski definition) is 1. The van der Waals surface area contributed by atoms with Gasteiger partial charge in [0.25, 0.3) is 0 Å². The lowest BCUT2D eigenvalue weighted by Gasteiger charge is -2.16. The van der Waals surface area contributed by atoms with Crippen LogP contribution in [-0.4, -0.2) is 6.61 Å². The molecule has 2 heteroatoms. The Morgan fingerprint density at radius 1 is 1.21 bits per heavy atom. The van der Waals surface area contributed by atoms with Crippen LogP contribution in [0.15, 0.2) is 29.2 Å². The average Bonchev–Trinajstić information content (AvgIpc) is 2.19. The van der Waals surface area contributed by atoms with Crippen LogP contribution in [0.4, 0.5) is 0 Å². The van der Waals surface area contributed by atoms with Crippen LogP contribution in [-0.2, 0) is 4.74 Å². The van der Waals surface area contributed by atoms with Crippen LogP contribution in [0.3, 0.4) is 0 Å².